The Labute approximate surface area is 118 Å². The van der Waals surface area contributed by atoms with Crippen molar-refractivity contribution < 1.29 is 24.1 Å². The molecule has 0 aromatic heterocycles. The van der Waals surface area contributed by atoms with Crippen molar-refractivity contribution in [2.75, 3.05) is 39.6 Å². The number of benzene rings is 1. The van der Waals surface area contributed by atoms with Gasteiger partial charge in [0.2, 0.25) is 0 Å². The zero-order chi connectivity index (χ0) is 14.5. The van der Waals surface area contributed by atoms with Crippen LogP contribution in [-0.4, -0.2) is 50.8 Å². The van der Waals surface area contributed by atoms with Gasteiger partial charge in [-0.3, -0.25) is 0 Å². The van der Waals surface area contributed by atoms with Crippen molar-refractivity contribution in [3.63, 3.8) is 0 Å². The lowest BCUT2D eigenvalue weighted by molar-refractivity contribution is 0.0337. The fourth-order valence-electron chi connectivity index (χ4n) is 1.39. The summed E-state index contributed by atoms with van der Waals surface area (Å²) in [5.74, 6) is 0. The summed E-state index contributed by atoms with van der Waals surface area (Å²) < 4.78 is 15.3. The van der Waals surface area contributed by atoms with Crippen LogP contribution < -0.4 is 5.32 Å². The summed E-state index contributed by atoms with van der Waals surface area (Å²) in [5.41, 5.74) is 0.944. The molecule has 2 N–H and O–H groups in total. The minimum atomic E-state index is -0.464. The summed E-state index contributed by atoms with van der Waals surface area (Å²) in [5, 5.41) is 11.1. The molecule has 0 aliphatic heterocycles. The zero-order valence-electron chi connectivity index (χ0n) is 11.4. The molecule has 0 aliphatic carbocycles. The standard InChI is InChI=1S/C14H21NO5/c16-7-9-19-11-10-18-8-6-15-14(17)20-12-13-4-2-1-3-5-13/h1-5,16H,6-12H2,(H,15,17). The Morgan fingerprint density at radius 1 is 1.05 bits per heavy atom. The van der Waals surface area contributed by atoms with Crippen LogP contribution in [0.5, 0.6) is 0 Å². The molecule has 0 radical (unpaired) electrons. The van der Waals surface area contributed by atoms with Crippen LogP contribution in [0.15, 0.2) is 30.3 Å². The molecule has 1 rings (SSSR count). The van der Waals surface area contributed by atoms with Crippen LogP contribution in [0.1, 0.15) is 5.56 Å². The van der Waals surface area contributed by atoms with E-state index in [-0.39, 0.29) is 13.2 Å². The first-order valence-electron chi connectivity index (χ1n) is 6.54. The van der Waals surface area contributed by atoms with E-state index < -0.39 is 6.09 Å². The van der Waals surface area contributed by atoms with Gasteiger partial charge in [-0.1, -0.05) is 30.3 Å². The SMILES string of the molecule is O=C(NCCOCCOCCO)OCc1ccccc1. The molecule has 0 atom stereocenters. The average Bonchev–Trinajstić information content (AvgIpc) is 2.49. The van der Waals surface area contributed by atoms with E-state index >= 15 is 0 Å². The third-order valence-corrected chi connectivity index (χ3v) is 2.34. The minimum Gasteiger partial charge on any atom is -0.445 e. The van der Waals surface area contributed by atoms with E-state index in [1.807, 2.05) is 30.3 Å². The number of carbonyl (C=O) groups is 1. The van der Waals surface area contributed by atoms with E-state index in [1.54, 1.807) is 0 Å². The first-order chi connectivity index (χ1) is 9.83. The number of carbonyl (C=O) groups excluding carboxylic acids is 1. The number of nitrogens with one attached hydrogen (secondary N) is 1. The highest BCUT2D eigenvalue weighted by atomic mass is 16.5. The van der Waals surface area contributed by atoms with E-state index in [0.29, 0.717) is 33.0 Å². The van der Waals surface area contributed by atoms with Gasteiger partial charge in [0.15, 0.2) is 0 Å². The normalized spacial score (nSPS) is 10.2. The highest BCUT2D eigenvalue weighted by Gasteiger charge is 2.01. The Balaban J connectivity index is 1.93. The van der Waals surface area contributed by atoms with Crippen molar-refractivity contribution in [1.82, 2.24) is 5.32 Å². The summed E-state index contributed by atoms with van der Waals surface area (Å²) in [7, 11) is 0. The number of hydrogen-bond donors (Lipinski definition) is 2. The molecule has 112 valence electrons. The molecule has 6 heteroatoms. The first kappa shape index (κ1) is 16.4. The molecular weight excluding hydrogens is 262 g/mol. The number of alkyl carbamates (subject to hydrolysis) is 1. The average molecular weight is 283 g/mol. The van der Waals surface area contributed by atoms with Gasteiger partial charge in [-0.15, -0.1) is 0 Å². The van der Waals surface area contributed by atoms with Crippen LogP contribution in [0.2, 0.25) is 0 Å². The molecule has 0 saturated carbocycles. The second-order valence-corrected chi connectivity index (χ2v) is 3.94. The van der Waals surface area contributed by atoms with Gasteiger partial charge in [0, 0.05) is 6.54 Å². The van der Waals surface area contributed by atoms with Gasteiger partial charge in [0.1, 0.15) is 6.61 Å². The largest absolute Gasteiger partial charge is 0.445 e. The van der Waals surface area contributed by atoms with E-state index in [9.17, 15) is 4.79 Å². The topological polar surface area (TPSA) is 77.0 Å². The maximum Gasteiger partial charge on any atom is 0.407 e. The second kappa shape index (κ2) is 11.2. The first-order valence-corrected chi connectivity index (χ1v) is 6.54. The monoisotopic (exact) mass is 283 g/mol. The van der Waals surface area contributed by atoms with Crippen LogP contribution in [0, 0.1) is 0 Å². The highest BCUT2D eigenvalue weighted by Crippen LogP contribution is 2.00. The fraction of sp³-hybridized carbons (Fsp3) is 0.500. The molecule has 0 spiro atoms. The van der Waals surface area contributed by atoms with Crippen LogP contribution in [0.3, 0.4) is 0 Å². The summed E-state index contributed by atoms with van der Waals surface area (Å²) in [6.45, 7) is 2.21. The predicted octanol–water partition coefficient (Wildman–Crippen LogP) is 0.938. The van der Waals surface area contributed by atoms with E-state index in [4.69, 9.17) is 19.3 Å². The van der Waals surface area contributed by atoms with Crippen molar-refractivity contribution in [3.8, 4) is 0 Å². The summed E-state index contributed by atoms with van der Waals surface area (Å²) >= 11 is 0. The molecule has 0 saturated heterocycles. The van der Waals surface area contributed by atoms with E-state index in [2.05, 4.69) is 5.32 Å². The quantitative estimate of drug-likeness (QED) is 0.625. The molecule has 0 heterocycles. The number of hydrogen-bond acceptors (Lipinski definition) is 5. The van der Waals surface area contributed by atoms with Crippen LogP contribution in [0.4, 0.5) is 4.79 Å². The van der Waals surface area contributed by atoms with Gasteiger partial charge >= 0.3 is 6.09 Å². The van der Waals surface area contributed by atoms with Crippen molar-refractivity contribution in [1.29, 1.82) is 0 Å². The molecule has 1 amide bonds. The Bertz CT molecular complexity index is 358. The molecule has 0 aliphatic rings. The van der Waals surface area contributed by atoms with Crippen LogP contribution >= 0.6 is 0 Å². The smallest absolute Gasteiger partial charge is 0.407 e. The lowest BCUT2D eigenvalue weighted by atomic mass is 10.2. The lowest BCUT2D eigenvalue weighted by Crippen LogP contribution is -2.28. The van der Waals surface area contributed by atoms with E-state index in [0.717, 1.165) is 5.56 Å². The van der Waals surface area contributed by atoms with Gasteiger partial charge in [0.05, 0.1) is 33.0 Å². The molecule has 0 unspecified atom stereocenters. The maximum atomic E-state index is 11.3. The number of amides is 1. The molecular formula is C14H21NO5. The van der Waals surface area contributed by atoms with Crippen molar-refractivity contribution >= 4 is 6.09 Å². The Morgan fingerprint density at radius 2 is 1.75 bits per heavy atom. The maximum absolute atomic E-state index is 11.3. The fourth-order valence-corrected chi connectivity index (χ4v) is 1.39. The number of aliphatic hydroxyl groups is 1. The summed E-state index contributed by atoms with van der Waals surface area (Å²) in [6, 6.07) is 9.48. The minimum absolute atomic E-state index is 0.00874. The van der Waals surface area contributed by atoms with Crippen LogP contribution in [-0.2, 0) is 20.8 Å². The van der Waals surface area contributed by atoms with Crippen molar-refractivity contribution in [2.24, 2.45) is 0 Å². The molecule has 20 heavy (non-hydrogen) atoms. The highest BCUT2D eigenvalue weighted by molar-refractivity contribution is 5.67. The third kappa shape index (κ3) is 8.47. The van der Waals surface area contributed by atoms with Gasteiger partial charge < -0.3 is 24.6 Å². The van der Waals surface area contributed by atoms with Crippen LogP contribution in [0.25, 0.3) is 0 Å². The number of rotatable bonds is 10. The van der Waals surface area contributed by atoms with Gasteiger partial charge in [-0.05, 0) is 5.56 Å². The predicted molar refractivity (Wildman–Crippen MR) is 73.4 cm³/mol. The second-order valence-electron chi connectivity index (χ2n) is 3.94. The van der Waals surface area contributed by atoms with Gasteiger partial charge in [0.25, 0.3) is 0 Å². The molecule has 1 aromatic rings. The van der Waals surface area contributed by atoms with Gasteiger partial charge in [-0.25, -0.2) is 4.79 Å². The molecule has 0 bridgehead atoms. The Hall–Kier alpha value is -1.63. The Morgan fingerprint density at radius 3 is 2.45 bits per heavy atom. The molecule has 1 aromatic carbocycles. The molecule has 0 fully saturated rings. The Kier molecular flexibility index (Phi) is 9.21. The molecule has 6 nitrogen and oxygen atoms in total. The van der Waals surface area contributed by atoms with Crippen molar-refractivity contribution in [3.05, 3.63) is 35.9 Å². The number of ether oxygens (including phenoxy) is 3. The van der Waals surface area contributed by atoms with Gasteiger partial charge in [-0.2, -0.15) is 0 Å². The lowest BCUT2D eigenvalue weighted by Gasteiger charge is -2.08. The number of aliphatic hydroxyl groups excluding tert-OH is 1. The van der Waals surface area contributed by atoms with E-state index in [1.165, 1.54) is 0 Å². The zero-order valence-corrected chi connectivity index (χ0v) is 11.4. The third-order valence-electron chi connectivity index (χ3n) is 2.34. The summed E-state index contributed by atoms with van der Waals surface area (Å²) in [6.07, 6.45) is -0.464. The summed E-state index contributed by atoms with van der Waals surface area (Å²) in [4.78, 5) is 11.3. The van der Waals surface area contributed by atoms with Crippen molar-refractivity contribution in [2.45, 2.75) is 6.61 Å².